The molecule has 0 radical (unpaired) electrons. The van der Waals surface area contributed by atoms with Crippen LogP contribution in [0.4, 0.5) is 0 Å². The molecule has 2 nitrogen and oxygen atoms in total. The van der Waals surface area contributed by atoms with Crippen molar-refractivity contribution in [3.8, 4) is 0 Å². The molecule has 2 aromatic carbocycles. The first kappa shape index (κ1) is 21.1. The first-order valence-corrected chi connectivity index (χ1v) is 10.6. The second-order valence-corrected chi connectivity index (χ2v) is 8.68. The fourth-order valence-electron chi connectivity index (χ4n) is 4.26. The summed E-state index contributed by atoms with van der Waals surface area (Å²) in [4.78, 5) is 12.4. The Labute approximate surface area is 175 Å². The molecule has 1 aliphatic carbocycles. The Morgan fingerprint density at radius 2 is 1.62 bits per heavy atom. The zero-order valence-electron chi connectivity index (χ0n) is 17.8. The Balaban J connectivity index is 1.58. The number of carbonyl (C=O) groups is 1. The summed E-state index contributed by atoms with van der Waals surface area (Å²) in [5, 5.41) is 0. The molecule has 0 heterocycles. The van der Waals surface area contributed by atoms with Crippen LogP contribution >= 0.6 is 0 Å². The summed E-state index contributed by atoms with van der Waals surface area (Å²) in [6, 6.07) is 20.7. The summed E-state index contributed by atoms with van der Waals surface area (Å²) in [5.41, 5.74) is 2.54. The minimum absolute atomic E-state index is 0.0213. The summed E-state index contributed by atoms with van der Waals surface area (Å²) in [6.45, 7) is 6.83. The Morgan fingerprint density at radius 3 is 2.31 bits per heavy atom. The number of hydrogen-bond acceptors (Lipinski definition) is 2. The number of ether oxygens (including phenoxy) is 1. The molecule has 2 aromatic rings. The van der Waals surface area contributed by atoms with E-state index in [-0.39, 0.29) is 17.5 Å². The lowest BCUT2D eigenvalue weighted by Gasteiger charge is -2.42. The molecule has 3 atom stereocenters. The van der Waals surface area contributed by atoms with Crippen molar-refractivity contribution >= 4 is 12.0 Å². The van der Waals surface area contributed by atoms with E-state index in [9.17, 15) is 4.79 Å². The molecule has 29 heavy (non-hydrogen) atoms. The quantitative estimate of drug-likeness (QED) is 0.317. The molecular weight excluding hydrogens is 356 g/mol. The second-order valence-electron chi connectivity index (χ2n) is 8.68. The fraction of sp³-hybridized carbons (Fsp3) is 0.370. The number of carbonyl (C=O) groups excluding carboxylic acids is 1. The molecular formula is C27H32O2. The topological polar surface area (TPSA) is 26.3 Å². The molecule has 0 aliphatic heterocycles. The standard InChI is InChI=1S/C27H32O2/c1-21-18-19-24(27(2,3)23-15-8-5-9-16-23)20-25(21)29-26(28)17-11-10-14-22-12-6-4-7-13-22/h4-17,21,24-25H,18-20H2,1-3H3/b14-10+,17-11+/t21-,24+,25+/m0/s1. The summed E-state index contributed by atoms with van der Waals surface area (Å²) < 4.78 is 5.86. The molecule has 0 amide bonds. The van der Waals surface area contributed by atoms with Crippen LogP contribution in [0.2, 0.25) is 0 Å². The Kier molecular flexibility index (Phi) is 7.09. The number of allylic oxidation sites excluding steroid dienone is 2. The van der Waals surface area contributed by atoms with Crippen molar-refractivity contribution in [2.75, 3.05) is 0 Å². The molecule has 1 fully saturated rings. The molecule has 0 bridgehead atoms. The molecule has 1 saturated carbocycles. The van der Waals surface area contributed by atoms with Gasteiger partial charge in [0, 0.05) is 6.08 Å². The van der Waals surface area contributed by atoms with E-state index in [1.165, 1.54) is 18.1 Å². The third kappa shape index (κ3) is 5.69. The lowest BCUT2D eigenvalue weighted by molar-refractivity contribution is -0.148. The molecule has 2 heteroatoms. The van der Waals surface area contributed by atoms with Gasteiger partial charge in [0.2, 0.25) is 0 Å². The summed E-state index contributed by atoms with van der Waals surface area (Å²) >= 11 is 0. The lowest BCUT2D eigenvalue weighted by atomic mass is 9.65. The predicted molar refractivity (Wildman–Crippen MR) is 120 cm³/mol. The maximum Gasteiger partial charge on any atom is 0.331 e. The molecule has 0 unspecified atom stereocenters. The van der Waals surface area contributed by atoms with E-state index in [1.54, 1.807) is 6.08 Å². The van der Waals surface area contributed by atoms with Gasteiger partial charge in [0.05, 0.1) is 0 Å². The average Bonchev–Trinajstić information content (AvgIpc) is 2.74. The highest BCUT2D eigenvalue weighted by Gasteiger charge is 2.38. The van der Waals surface area contributed by atoms with Crippen LogP contribution in [0.25, 0.3) is 6.08 Å². The molecule has 1 aliphatic rings. The van der Waals surface area contributed by atoms with Gasteiger partial charge in [0.25, 0.3) is 0 Å². The summed E-state index contributed by atoms with van der Waals surface area (Å²) in [6.07, 6.45) is 10.3. The molecule has 3 rings (SSSR count). The highest BCUT2D eigenvalue weighted by Crippen LogP contribution is 2.43. The maximum atomic E-state index is 12.4. The van der Waals surface area contributed by atoms with E-state index in [2.05, 4.69) is 51.1 Å². The van der Waals surface area contributed by atoms with Gasteiger partial charge in [-0.05, 0) is 47.6 Å². The van der Waals surface area contributed by atoms with Crippen molar-refractivity contribution in [3.05, 3.63) is 90.0 Å². The minimum atomic E-state index is -0.252. The van der Waals surface area contributed by atoms with Crippen LogP contribution in [-0.2, 0) is 14.9 Å². The Bertz CT molecular complexity index is 833. The van der Waals surface area contributed by atoms with Gasteiger partial charge in [-0.15, -0.1) is 0 Å². The van der Waals surface area contributed by atoms with Gasteiger partial charge < -0.3 is 4.74 Å². The largest absolute Gasteiger partial charge is 0.459 e. The first-order valence-electron chi connectivity index (χ1n) is 10.6. The fourth-order valence-corrected chi connectivity index (χ4v) is 4.26. The van der Waals surface area contributed by atoms with E-state index in [0.717, 1.165) is 18.4 Å². The van der Waals surface area contributed by atoms with Crippen LogP contribution in [0, 0.1) is 11.8 Å². The minimum Gasteiger partial charge on any atom is -0.459 e. The van der Waals surface area contributed by atoms with E-state index in [0.29, 0.717) is 11.8 Å². The van der Waals surface area contributed by atoms with Crippen LogP contribution in [0.1, 0.15) is 51.2 Å². The number of rotatable bonds is 6. The van der Waals surface area contributed by atoms with E-state index >= 15 is 0 Å². The van der Waals surface area contributed by atoms with E-state index in [1.807, 2.05) is 42.5 Å². The zero-order chi connectivity index (χ0) is 20.7. The number of hydrogen-bond donors (Lipinski definition) is 0. The van der Waals surface area contributed by atoms with Crippen LogP contribution in [0.3, 0.4) is 0 Å². The van der Waals surface area contributed by atoms with Crippen molar-refractivity contribution in [1.29, 1.82) is 0 Å². The SMILES string of the molecule is C[C@H]1CC[C@@H](C(C)(C)c2ccccc2)C[C@H]1OC(=O)/C=C/C=C/c1ccccc1. The molecule has 152 valence electrons. The van der Waals surface area contributed by atoms with E-state index < -0.39 is 0 Å². The third-order valence-corrected chi connectivity index (χ3v) is 6.36. The first-order chi connectivity index (χ1) is 14.0. The average molecular weight is 389 g/mol. The van der Waals surface area contributed by atoms with Crippen LogP contribution in [0.5, 0.6) is 0 Å². The van der Waals surface area contributed by atoms with Crippen molar-refractivity contribution in [2.45, 2.75) is 51.6 Å². The Morgan fingerprint density at radius 1 is 0.966 bits per heavy atom. The van der Waals surface area contributed by atoms with Crippen LogP contribution in [-0.4, -0.2) is 12.1 Å². The van der Waals surface area contributed by atoms with Crippen molar-refractivity contribution in [3.63, 3.8) is 0 Å². The van der Waals surface area contributed by atoms with Gasteiger partial charge in [-0.3, -0.25) is 0 Å². The molecule has 0 saturated heterocycles. The van der Waals surface area contributed by atoms with Gasteiger partial charge >= 0.3 is 5.97 Å². The Hall–Kier alpha value is -2.61. The van der Waals surface area contributed by atoms with Crippen molar-refractivity contribution < 1.29 is 9.53 Å². The molecule has 0 aromatic heterocycles. The molecule has 0 N–H and O–H groups in total. The lowest BCUT2D eigenvalue weighted by Crippen LogP contribution is -2.39. The highest BCUT2D eigenvalue weighted by molar-refractivity contribution is 5.82. The van der Waals surface area contributed by atoms with Gasteiger partial charge in [-0.2, -0.15) is 0 Å². The normalized spacial score (nSPS) is 22.8. The van der Waals surface area contributed by atoms with Gasteiger partial charge in [0.1, 0.15) is 6.10 Å². The monoisotopic (exact) mass is 388 g/mol. The zero-order valence-corrected chi connectivity index (χ0v) is 17.8. The summed E-state index contributed by atoms with van der Waals surface area (Å²) in [7, 11) is 0. The van der Waals surface area contributed by atoms with Crippen molar-refractivity contribution in [2.24, 2.45) is 11.8 Å². The second kappa shape index (κ2) is 9.73. The summed E-state index contributed by atoms with van der Waals surface area (Å²) in [5.74, 6) is 0.647. The highest BCUT2D eigenvalue weighted by atomic mass is 16.5. The smallest absolute Gasteiger partial charge is 0.331 e. The maximum absolute atomic E-state index is 12.4. The van der Waals surface area contributed by atoms with Crippen LogP contribution < -0.4 is 0 Å². The predicted octanol–water partition coefficient (Wildman–Crippen LogP) is 6.58. The third-order valence-electron chi connectivity index (χ3n) is 6.36. The molecule has 0 spiro atoms. The number of benzene rings is 2. The van der Waals surface area contributed by atoms with Crippen LogP contribution in [0.15, 0.2) is 78.9 Å². The van der Waals surface area contributed by atoms with Crippen molar-refractivity contribution in [1.82, 2.24) is 0 Å². The number of esters is 1. The van der Waals surface area contributed by atoms with Gasteiger partial charge in [-0.1, -0.05) is 99.7 Å². The van der Waals surface area contributed by atoms with Gasteiger partial charge in [0.15, 0.2) is 0 Å². The van der Waals surface area contributed by atoms with Gasteiger partial charge in [-0.25, -0.2) is 4.79 Å². The van der Waals surface area contributed by atoms with E-state index in [4.69, 9.17) is 4.74 Å².